The van der Waals surface area contributed by atoms with Crippen LogP contribution in [-0.4, -0.2) is 27.2 Å². The lowest BCUT2D eigenvalue weighted by atomic mass is 10.0. The summed E-state index contributed by atoms with van der Waals surface area (Å²) < 4.78 is 33.3. The van der Waals surface area contributed by atoms with Gasteiger partial charge in [-0.2, -0.15) is 0 Å². The Labute approximate surface area is 159 Å². The largest absolute Gasteiger partial charge is 0.495 e. The van der Waals surface area contributed by atoms with Crippen LogP contribution in [0.1, 0.15) is 22.8 Å². The number of nitrogens with one attached hydrogen (secondary N) is 1. The SMILES string of the molecule is COc1cc(C)c(C)cc1S(=O)(=O)NC[C@H](O)c1cccc2ccccc12. The predicted octanol–water partition coefficient (Wildman–Crippen LogP) is 3.48. The second-order valence-corrected chi connectivity index (χ2v) is 8.26. The average molecular weight is 385 g/mol. The summed E-state index contributed by atoms with van der Waals surface area (Å²) in [6.45, 7) is 3.61. The Balaban J connectivity index is 1.86. The first-order valence-electron chi connectivity index (χ1n) is 8.64. The molecule has 6 heteroatoms. The van der Waals surface area contributed by atoms with E-state index < -0.39 is 16.1 Å². The fraction of sp³-hybridized carbons (Fsp3) is 0.238. The minimum atomic E-state index is -3.83. The van der Waals surface area contributed by atoms with Crippen LogP contribution in [0.5, 0.6) is 5.75 Å². The number of aryl methyl sites for hydroxylation is 2. The standard InChI is InChI=1S/C21H23NO4S/c1-14-11-20(26-3)21(12-15(14)2)27(24,25)22-13-19(23)18-10-6-8-16-7-4-5-9-17(16)18/h4-12,19,22-23H,13H2,1-3H3/t19-/m0/s1. The van der Waals surface area contributed by atoms with Gasteiger partial charge < -0.3 is 9.84 Å². The molecular weight excluding hydrogens is 362 g/mol. The topological polar surface area (TPSA) is 75.6 Å². The number of aliphatic hydroxyl groups excluding tert-OH is 1. The number of hydrogen-bond donors (Lipinski definition) is 2. The van der Waals surface area contributed by atoms with Crippen LogP contribution in [-0.2, 0) is 10.0 Å². The highest BCUT2D eigenvalue weighted by atomic mass is 32.2. The third kappa shape index (κ3) is 3.98. The summed E-state index contributed by atoms with van der Waals surface area (Å²) in [7, 11) is -2.40. The highest BCUT2D eigenvalue weighted by molar-refractivity contribution is 7.89. The number of sulfonamides is 1. The van der Waals surface area contributed by atoms with Gasteiger partial charge in [0.15, 0.2) is 0 Å². The lowest BCUT2D eigenvalue weighted by Crippen LogP contribution is -2.29. The maximum atomic E-state index is 12.8. The van der Waals surface area contributed by atoms with E-state index >= 15 is 0 Å². The fourth-order valence-electron chi connectivity index (χ4n) is 3.05. The van der Waals surface area contributed by atoms with Crippen LogP contribution < -0.4 is 9.46 Å². The number of methoxy groups -OCH3 is 1. The van der Waals surface area contributed by atoms with Gasteiger partial charge in [0.1, 0.15) is 10.6 Å². The minimum absolute atomic E-state index is 0.0678. The zero-order valence-corrected chi connectivity index (χ0v) is 16.4. The molecule has 0 amide bonds. The van der Waals surface area contributed by atoms with Crippen molar-refractivity contribution in [3.05, 3.63) is 71.3 Å². The summed E-state index contributed by atoms with van der Waals surface area (Å²) in [5.74, 6) is 0.283. The fourth-order valence-corrected chi connectivity index (χ4v) is 4.32. The van der Waals surface area contributed by atoms with Crippen molar-refractivity contribution in [2.75, 3.05) is 13.7 Å². The second-order valence-electron chi connectivity index (χ2n) is 6.52. The number of benzene rings is 3. The third-order valence-electron chi connectivity index (χ3n) is 4.72. The molecular formula is C21H23NO4S. The maximum absolute atomic E-state index is 12.8. The van der Waals surface area contributed by atoms with Crippen molar-refractivity contribution in [2.45, 2.75) is 24.8 Å². The van der Waals surface area contributed by atoms with Crippen molar-refractivity contribution in [1.82, 2.24) is 4.72 Å². The van der Waals surface area contributed by atoms with Gasteiger partial charge in [-0.3, -0.25) is 0 Å². The number of ether oxygens (including phenoxy) is 1. The maximum Gasteiger partial charge on any atom is 0.244 e. The summed E-state index contributed by atoms with van der Waals surface area (Å²) in [5.41, 5.74) is 2.48. The number of rotatable bonds is 6. The lowest BCUT2D eigenvalue weighted by molar-refractivity contribution is 0.183. The highest BCUT2D eigenvalue weighted by Gasteiger charge is 2.22. The highest BCUT2D eigenvalue weighted by Crippen LogP contribution is 2.28. The van der Waals surface area contributed by atoms with Gasteiger partial charge in [0.25, 0.3) is 0 Å². The molecule has 0 aliphatic heterocycles. The van der Waals surface area contributed by atoms with E-state index in [2.05, 4.69) is 4.72 Å². The molecule has 3 aromatic carbocycles. The van der Waals surface area contributed by atoms with Crippen molar-refractivity contribution in [3.8, 4) is 5.75 Å². The molecule has 0 fully saturated rings. The van der Waals surface area contributed by atoms with Gasteiger partial charge >= 0.3 is 0 Å². The van der Waals surface area contributed by atoms with Gasteiger partial charge in [0.2, 0.25) is 10.0 Å². The predicted molar refractivity (Wildman–Crippen MR) is 107 cm³/mol. The van der Waals surface area contributed by atoms with E-state index in [0.717, 1.165) is 21.9 Å². The molecule has 0 heterocycles. The van der Waals surface area contributed by atoms with E-state index in [1.165, 1.54) is 7.11 Å². The Bertz CT molecular complexity index is 1070. The van der Waals surface area contributed by atoms with Crippen LogP contribution in [0.3, 0.4) is 0 Å². The summed E-state index contributed by atoms with van der Waals surface area (Å²) in [6, 6.07) is 16.6. The Morgan fingerprint density at radius 1 is 1.04 bits per heavy atom. The molecule has 3 aromatic rings. The Kier molecular flexibility index (Phi) is 5.51. The Morgan fingerprint density at radius 3 is 2.44 bits per heavy atom. The first-order chi connectivity index (χ1) is 12.8. The van der Waals surface area contributed by atoms with Crippen LogP contribution >= 0.6 is 0 Å². The molecule has 0 radical (unpaired) electrons. The first-order valence-corrected chi connectivity index (χ1v) is 10.1. The normalized spacial score (nSPS) is 12.9. The van der Waals surface area contributed by atoms with Crippen LogP contribution in [0.2, 0.25) is 0 Å². The summed E-state index contributed by atoms with van der Waals surface area (Å²) in [5, 5.41) is 12.5. The molecule has 0 aliphatic rings. The zero-order chi connectivity index (χ0) is 19.6. The molecule has 0 aliphatic carbocycles. The number of aliphatic hydroxyl groups is 1. The van der Waals surface area contributed by atoms with Crippen molar-refractivity contribution < 1.29 is 18.3 Å². The van der Waals surface area contributed by atoms with Gasteiger partial charge in [-0.15, -0.1) is 0 Å². The van der Waals surface area contributed by atoms with Crippen molar-refractivity contribution in [3.63, 3.8) is 0 Å². The molecule has 0 aromatic heterocycles. The van der Waals surface area contributed by atoms with Crippen molar-refractivity contribution >= 4 is 20.8 Å². The van der Waals surface area contributed by atoms with Gasteiger partial charge in [0, 0.05) is 6.54 Å². The summed E-state index contributed by atoms with van der Waals surface area (Å²) >= 11 is 0. The molecule has 27 heavy (non-hydrogen) atoms. The van der Waals surface area contributed by atoms with E-state index in [9.17, 15) is 13.5 Å². The number of fused-ring (bicyclic) bond motifs is 1. The van der Waals surface area contributed by atoms with Crippen LogP contribution in [0, 0.1) is 13.8 Å². The Hall–Kier alpha value is -2.41. The Morgan fingerprint density at radius 2 is 1.70 bits per heavy atom. The third-order valence-corrected chi connectivity index (χ3v) is 6.16. The van der Waals surface area contributed by atoms with Gasteiger partial charge in [-0.05, 0) is 53.4 Å². The van der Waals surface area contributed by atoms with Crippen molar-refractivity contribution in [1.29, 1.82) is 0 Å². The lowest BCUT2D eigenvalue weighted by Gasteiger charge is -2.17. The molecule has 0 unspecified atom stereocenters. The van der Waals surface area contributed by atoms with Crippen LogP contribution in [0.25, 0.3) is 10.8 Å². The summed E-state index contributed by atoms with van der Waals surface area (Å²) in [6.07, 6.45) is -0.969. The van der Waals surface area contributed by atoms with Gasteiger partial charge in [-0.1, -0.05) is 42.5 Å². The van der Waals surface area contributed by atoms with Crippen molar-refractivity contribution in [2.24, 2.45) is 0 Å². The summed E-state index contributed by atoms with van der Waals surface area (Å²) in [4.78, 5) is 0.0678. The average Bonchev–Trinajstić information content (AvgIpc) is 2.67. The first kappa shape index (κ1) is 19.4. The zero-order valence-electron chi connectivity index (χ0n) is 15.6. The monoisotopic (exact) mass is 385 g/mol. The molecule has 3 rings (SSSR count). The smallest absolute Gasteiger partial charge is 0.244 e. The van der Waals surface area contributed by atoms with E-state index in [4.69, 9.17) is 4.74 Å². The van der Waals surface area contributed by atoms with E-state index in [-0.39, 0.29) is 17.2 Å². The molecule has 0 spiro atoms. The van der Waals surface area contributed by atoms with Gasteiger partial charge in [-0.25, -0.2) is 13.1 Å². The molecule has 142 valence electrons. The molecule has 0 saturated heterocycles. The quantitative estimate of drug-likeness (QED) is 0.681. The molecule has 2 N–H and O–H groups in total. The van der Waals surface area contributed by atoms with Crippen LogP contribution in [0.15, 0.2) is 59.5 Å². The molecule has 0 saturated carbocycles. The molecule has 0 bridgehead atoms. The van der Waals surface area contributed by atoms with E-state index in [1.807, 2.05) is 50.2 Å². The van der Waals surface area contributed by atoms with Crippen LogP contribution in [0.4, 0.5) is 0 Å². The van der Waals surface area contributed by atoms with E-state index in [0.29, 0.717) is 5.56 Å². The van der Waals surface area contributed by atoms with E-state index in [1.54, 1.807) is 18.2 Å². The minimum Gasteiger partial charge on any atom is -0.495 e. The molecule has 5 nitrogen and oxygen atoms in total. The van der Waals surface area contributed by atoms with Gasteiger partial charge in [0.05, 0.1) is 13.2 Å². The number of hydrogen-bond acceptors (Lipinski definition) is 4. The second kappa shape index (κ2) is 7.68. The molecule has 1 atom stereocenters.